The molecule has 0 saturated heterocycles. The topological polar surface area (TPSA) is 102 Å². The number of sulfone groups is 1. The fraction of sp³-hybridized carbons (Fsp3) is 0.235. The lowest BCUT2D eigenvalue weighted by atomic mass is 10.2. The third kappa shape index (κ3) is 3.53. The molecule has 2 N–H and O–H groups in total. The molecule has 7 nitrogen and oxygen atoms in total. The second-order valence-corrected chi connectivity index (χ2v) is 7.71. The minimum absolute atomic E-state index is 0.00184. The number of hydrogen-bond acceptors (Lipinski definition) is 6. The number of aromatic hydroxyl groups is 1. The molecule has 1 heterocycles. The number of ether oxygens (including phenoxy) is 2. The summed E-state index contributed by atoms with van der Waals surface area (Å²) in [6.45, 7) is 1.53. The van der Waals surface area contributed by atoms with Crippen LogP contribution in [-0.4, -0.2) is 37.9 Å². The Morgan fingerprint density at radius 3 is 2.68 bits per heavy atom. The average molecular weight is 363 g/mol. The maximum absolute atomic E-state index is 12.4. The van der Waals surface area contributed by atoms with Gasteiger partial charge in [-0.15, -0.1) is 0 Å². The molecular weight excluding hydrogens is 346 g/mol. The Bertz CT molecular complexity index is 909. The molecule has 1 aliphatic heterocycles. The fourth-order valence-electron chi connectivity index (χ4n) is 2.34. The third-order valence-electron chi connectivity index (χ3n) is 3.77. The number of benzene rings is 2. The van der Waals surface area contributed by atoms with Gasteiger partial charge in [0, 0.05) is 0 Å². The number of phenols is 1. The average Bonchev–Trinajstić information content (AvgIpc) is 2.62. The monoisotopic (exact) mass is 363 g/mol. The predicted octanol–water partition coefficient (Wildman–Crippen LogP) is 1.96. The zero-order chi connectivity index (χ0) is 18.0. The lowest BCUT2D eigenvalue weighted by Gasteiger charge is -2.25. The zero-order valence-corrected chi connectivity index (χ0v) is 14.2. The van der Waals surface area contributed by atoms with Crippen LogP contribution in [0.4, 0.5) is 5.69 Å². The van der Waals surface area contributed by atoms with Gasteiger partial charge in [0.2, 0.25) is 6.10 Å². The second kappa shape index (κ2) is 6.64. The van der Waals surface area contributed by atoms with Crippen LogP contribution in [0.3, 0.4) is 0 Å². The number of rotatable bonds is 4. The molecule has 8 heteroatoms. The van der Waals surface area contributed by atoms with E-state index in [2.05, 4.69) is 5.32 Å². The molecule has 132 valence electrons. The minimum Gasteiger partial charge on any atom is -0.506 e. The molecule has 25 heavy (non-hydrogen) atoms. The number of anilines is 1. The lowest BCUT2D eigenvalue weighted by Crippen LogP contribution is -2.40. The van der Waals surface area contributed by atoms with Gasteiger partial charge in [-0.3, -0.25) is 4.79 Å². The van der Waals surface area contributed by atoms with Crippen molar-refractivity contribution < 1.29 is 27.8 Å². The molecule has 2 aromatic rings. The van der Waals surface area contributed by atoms with Crippen molar-refractivity contribution in [1.29, 1.82) is 0 Å². The number of amides is 1. The summed E-state index contributed by atoms with van der Waals surface area (Å²) in [5, 5.41) is 12.4. The highest BCUT2D eigenvalue weighted by Crippen LogP contribution is 2.32. The van der Waals surface area contributed by atoms with Crippen LogP contribution >= 0.6 is 0 Å². The summed E-state index contributed by atoms with van der Waals surface area (Å²) in [5.74, 6) is 0.129. The Kier molecular flexibility index (Phi) is 4.54. The Hall–Kier alpha value is -2.74. The molecule has 0 spiro atoms. The summed E-state index contributed by atoms with van der Waals surface area (Å²) >= 11 is 0. The van der Waals surface area contributed by atoms with Crippen LogP contribution in [0, 0.1) is 0 Å². The van der Waals surface area contributed by atoms with Crippen LogP contribution in [0.5, 0.6) is 17.2 Å². The van der Waals surface area contributed by atoms with Crippen molar-refractivity contribution in [1.82, 2.24) is 0 Å². The van der Waals surface area contributed by atoms with E-state index in [1.165, 1.54) is 25.1 Å². The molecule has 1 atom stereocenters. The van der Waals surface area contributed by atoms with E-state index < -0.39 is 21.8 Å². The van der Waals surface area contributed by atoms with Crippen LogP contribution in [0.2, 0.25) is 0 Å². The van der Waals surface area contributed by atoms with Crippen molar-refractivity contribution in [3.63, 3.8) is 0 Å². The van der Waals surface area contributed by atoms with Crippen molar-refractivity contribution >= 4 is 21.4 Å². The van der Waals surface area contributed by atoms with Crippen LogP contribution in [-0.2, 0) is 14.6 Å². The summed E-state index contributed by atoms with van der Waals surface area (Å²) in [6.07, 6.45) is -0.916. The minimum atomic E-state index is -3.46. The van der Waals surface area contributed by atoms with E-state index >= 15 is 0 Å². The summed E-state index contributed by atoms with van der Waals surface area (Å²) in [4.78, 5) is 12.4. The molecule has 1 aliphatic rings. The Labute approximate surface area is 145 Å². The highest BCUT2D eigenvalue weighted by atomic mass is 32.2. The molecule has 0 aromatic heterocycles. The van der Waals surface area contributed by atoms with Gasteiger partial charge in [-0.25, -0.2) is 8.42 Å². The van der Waals surface area contributed by atoms with Crippen LogP contribution in [0.25, 0.3) is 0 Å². The van der Waals surface area contributed by atoms with Crippen molar-refractivity contribution in [3.05, 3.63) is 42.5 Å². The number of nitrogens with one attached hydrogen (secondary N) is 1. The fourth-order valence-corrected chi connectivity index (χ4v) is 3.24. The zero-order valence-electron chi connectivity index (χ0n) is 13.4. The van der Waals surface area contributed by atoms with Crippen LogP contribution < -0.4 is 14.8 Å². The molecule has 0 bridgehead atoms. The first-order valence-electron chi connectivity index (χ1n) is 7.66. The largest absolute Gasteiger partial charge is 0.506 e. The van der Waals surface area contributed by atoms with Gasteiger partial charge in [0.1, 0.15) is 12.4 Å². The van der Waals surface area contributed by atoms with Crippen molar-refractivity contribution in [2.24, 2.45) is 0 Å². The van der Waals surface area contributed by atoms with Crippen LogP contribution in [0.15, 0.2) is 47.4 Å². The molecule has 0 radical (unpaired) electrons. The lowest BCUT2D eigenvalue weighted by molar-refractivity contribution is -0.125. The molecule has 0 saturated carbocycles. The normalized spacial score (nSPS) is 16.3. The Morgan fingerprint density at radius 1 is 1.24 bits per heavy atom. The summed E-state index contributed by atoms with van der Waals surface area (Å²) in [5.41, 5.74) is 0.00184. The molecule has 0 fully saturated rings. The van der Waals surface area contributed by atoms with Gasteiger partial charge >= 0.3 is 0 Å². The molecular formula is C17H17NO6S. The first-order valence-corrected chi connectivity index (χ1v) is 9.31. The van der Waals surface area contributed by atoms with Gasteiger partial charge in [-0.1, -0.05) is 19.1 Å². The second-order valence-electron chi connectivity index (χ2n) is 5.44. The first kappa shape index (κ1) is 17.1. The van der Waals surface area contributed by atoms with E-state index in [0.29, 0.717) is 11.5 Å². The number of para-hydroxylation sites is 2. The van der Waals surface area contributed by atoms with E-state index in [0.717, 1.165) is 0 Å². The highest BCUT2D eigenvalue weighted by molar-refractivity contribution is 7.91. The predicted molar refractivity (Wildman–Crippen MR) is 90.8 cm³/mol. The number of hydrogen-bond donors (Lipinski definition) is 2. The SMILES string of the molecule is CCS(=O)(=O)c1ccc(O)c(NC(=O)C2COc3ccccc3O2)c1. The molecule has 0 aliphatic carbocycles. The van der Waals surface area contributed by atoms with Crippen molar-refractivity contribution in [2.75, 3.05) is 17.7 Å². The van der Waals surface area contributed by atoms with Gasteiger partial charge in [-0.05, 0) is 30.3 Å². The molecule has 1 amide bonds. The standard InChI is InChI=1S/C17H17NO6S/c1-2-25(21,22)11-7-8-13(19)12(9-11)18-17(20)16-10-23-14-5-3-4-6-15(14)24-16/h3-9,16,19H,2,10H2,1H3,(H,18,20). The molecule has 2 aromatic carbocycles. The van der Waals surface area contributed by atoms with E-state index in [1.807, 2.05) is 0 Å². The smallest absolute Gasteiger partial charge is 0.269 e. The van der Waals surface area contributed by atoms with E-state index in [4.69, 9.17) is 9.47 Å². The Morgan fingerprint density at radius 2 is 1.96 bits per heavy atom. The van der Waals surface area contributed by atoms with Crippen LogP contribution in [0.1, 0.15) is 6.92 Å². The van der Waals surface area contributed by atoms with Gasteiger partial charge in [-0.2, -0.15) is 0 Å². The van der Waals surface area contributed by atoms with Crippen molar-refractivity contribution in [3.8, 4) is 17.2 Å². The van der Waals surface area contributed by atoms with Gasteiger partial charge in [0.15, 0.2) is 21.3 Å². The summed E-state index contributed by atoms with van der Waals surface area (Å²) in [6, 6.07) is 10.7. The Balaban J connectivity index is 1.79. The molecule has 3 rings (SSSR count). The van der Waals surface area contributed by atoms with E-state index in [1.54, 1.807) is 24.3 Å². The van der Waals surface area contributed by atoms with Crippen molar-refractivity contribution in [2.45, 2.75) is 17.9 Å². The first-order chi connectivity index (χ1) is 11.9. The number of fused-ring (bicyclic) bond motifs is 1. The third-order valence-corrected chi connectivity index (χ3v) is 5.50. The number of carbonyl (C=O) groups is 1. The maximum Gasteiger partial charge on any atom is 0.269 e. The summed E-state index contributed by atoms with van der Waals surface area (Å²) in [7, 11) is -3.46. The van der Waals surface area contributed by atoms with E-state index in [9.17, 15) is 18.3 Å². The highest BCUT2D eigenvalue weighted by Gasteiger charge is 2.28. The summed E-state index contributed by atoms with van der Waals surface area (Å²) < 4.78 is 35.0. The number of phenolic OH excluding ortho intramolecular Hbond substituents is 1. The van der Waals surface area contributed by atoms with Gasteiger partial charge < -0.3 is 19.9 Å². The van der Waals surface area contributed by atoms with Gasteiger partial charge in [0.25, 0.3) is 5.91 Å². The maximum atomic E-state index is 12.4. The van der Waals surface area contributed by atoms with Gasteiger partial charge in [0.05, 0.1) is 16.3 Å². The molecule has 1 unspecified atom stereocenters. The number of carbonyl (C=O) groups excluding carboxylic acids is 1. The quantitative estimate of drug-likeness (QED) is 0.805. The van der Waals surface area contributed by atoms with E-state index in [-0.39, 0.29) is 28.7 Å².